The minimum atomic E-state index is -0.304. The molecular weight excluding hydrogens is 366 g/mol. The summed E-state index contributed by atoms with van der Waals surface area (Å²) in [6.07, 6.45) is 8.05. The molecule has 1 aromatic carbocycles. The molecule has 0 atom stereocenters. The van der Waals surface area contributed by atoms with Crippen molar-refractivity contribution in [1.29, 1.82) is 0 Å². The summed E-state index contributed by atoms with van der Waals surface area (Å²) >= 11 is 0. The van der Waals surface area contributed by atoms with Crippen LogP contribution < -0.4 is 16.1 Å². The molecule has 0 saturated heterocycles. The fourth-order valence-corrected chi connectivity index (χ4v) is 4.14. The number of nitrogens with one attached hydrogen (secondary N) is 4. The third-order valence-electron chi connectivity index (χ3n) is 5.50. The number of aromatic nitrogens is 1. The number of rotatable bonds is 4. The molecule has 1 saturated carbocycles. The predicted molar refractivity (Wildman–Crippen MR) is 114 cm³/mol. The van der Waals surface area contributed by atoms with E-state index < -0.39 is 0 Å². The highest BCUT2D eigenvalue weighted by molar-refractivity contribution is 6.16. The van der Waals surface area contributed by atoms with E-state index in [1.807, 2.05) is 13.1 Å². The molecule has 0 bridgehead atoms. The van der Waals surface area contributed by atoms with Crippen LogP contribution in [-0.2, 0) is 4.79 Å². The van der Waals surface area contributed by atoms with Gasteiger partial charge in [-0.15, -0.1) is 0 Å². The van der Waals surface area contributed by atoms with Crippen LogP contribution >= 0.6 is 0 Å². The zero-order valence-corrected chi connectivity index (χ0v) is 16.5. The Labute approximate surface area is 169 Å². The van der Waals surface area contributed by atoms with Gasteiger partial charge in [0, 0.05) is 28.6 Å². The Hall–Kier alpha value is -3.11. The summed E-state index contributed by atoms with van der Waals surface area (Å²) in [6, 6.07) is 3.57. The second kappa shape index (κ2) is 8.50. The van der Waals surface area contributed by atoms with Crippen molar-refractivity contribution in [3.8, 4) is 11.8 Å². The molecular formula is C22H25N5O2. The fourth-order valence-electron chi connectivity index (χ4n) is 4.14. The largest absolute Gasteiger partial charge is 0.347 e. The number of anilines is 1. The van der Waals surface area contributed by atoms with Crippen molar-refractivity contribution in [2.45, 2.75) is 38.5 Å². The standard InChI is InChI=1S/C22H25N5O2/c1-23-9-5-8-18-17-13-24-27-22(29)16-11-15(12-19(26-18)21(16)17)25-20(28)10-14-6-3-2-4-7-14/h11-14,23,26H,2-4,6-7,9-10H2,1H3,(H,25,28)(H,27,29). The molecule has 2 heterocycles. The first-order valence-electron chi connectivity index (χ1n) is 10.1. The number of hydrogen-bond donors (Lipinski definition) is 4. The molecule has 4 rings (SSSR count). The predicted octanol–water partition coefficient (Wildman–Crippen LogP) is 2.73. The van der Waals surface area contributed by atoms with Gasteiger partial charge < -0.3 is 15.6 Å². The van der Waals surface area contributed by atoms with Crippen LogP contribution in [0.3, 0.4) is 0 Å². The van der Waals surface area contributed by atoms with Crippen molar-refractivity contribution < 1.29 is 9.59 Å². The summed E-state index contributed by atoms with van der Waals surface area (Å²) < 4.78 is 0. The Morgan fingerprint density at radius 1 is 1.28 bits per heavy atom. The van der Waals surface area contributed by atoms with Gasteiger partial charge >= 0.3 is 0 Å². The number of nitrogens with zero attached hydrogens (tertiary/aromatic N) is 1. The number of aromatic amines is 1. The summed E-state index contributed by atoms with van der Waals surface area (Å²) in [4.78, 5) is 28.3. The summed E-state index contributed by atoms with van der Waals surface area (Å²) in [5.41, 5.74) is 5.82. The summed E-state index contributed by atoms with van der Waals surface area (Å²) in [6.45, 7) is 0.554. The van der Waals surface area contributed by atoms with Crippen molar-refractivity contribution in [1.82, 2.24) is 15.7 Å². The van der Waals surface area contributed by atoms with Crippen LogP contribution in [0, 0.1) is 17.8 Å². The molecule has 29 heavy (non-hydrogen) atoms. The molecule has 1 aromatic heterocycles. The van der Waals surface area contributed by atoms with Gasteiger partial charge in [-0.2, -0.15) is 5.10 Å². The third kappa shape index (κ3) is 4.17. The van der Waals surface area contributed by atoms with E-state index in [1.165, 1.54) is 19.3 Å². The van der Waals surface area contributed by atoms with Gasteiger partial charge in [0.1, 0.15) is 0 Å². The molecule has 1 aliphatic carbocycles. The van der Waals surface area contributed by atoms with Crippen molar-refractivity contribution in [3.05, 3.63) is 29.0 Å². The first-order valence-corrected chi connectivity index (χ1v) is 10.1. The summed E-state index contributed by atoms with van der Waals surface area (Å²) in [5, 5.41) is 10.7. The third-order valence-corrected chi connectivity index (χ3v) is 5.50. The molecule has 0 unspecified atom stereocenters. The Morgan fingerprint density at radius 3 is 2.90 bits per heavy atom. The lowest BCUT2D eigenvalue weighted by molar-refractivity contribution is -0.117. The smallest absolute Gasteiger partial charge is 0.272 e. The lowest BCUT2D eigenvalue weighted by Gasteiger charge is -2.20. The van der Waals surface area contributed by atoms with Crippen molar-refractivity contribution in [3.63, 3.8) is 0 Å². The van der Waals surface area contributed by atoms with Crippen LogP contribution in [0.2, 0.25) is 0 Å². The van der Waals surface area contributed by atoms with E-state index in [0.29, 0.717) is 35.8 Å². The van der Waals surface area contributed by atoms with Gasteiger partial charge in [-0.25, -0.2) is 5.43 Å². The molecule has 1 fully saturated rings. The highest BCUT2D eigenvalue weighted by atomic mass is 16.2. The maximum absolute atomic E-state index is 12.6. The average molecular weight is 391 g/mol. The highest BCUT2D eigenvalue weighted by Gasteiger charge is 2.22. The zero-order valence-electron chi connectivity index (χ0n) is 16.5. The number of carbonyl (C=O) groups excluding carboxylic acids is 2. The molecule has 4 N–H and O–H groups in total. The van der Waals surface area contributed by atoms with E-state index in [9.17, 15) is 9.59 Å². The minimum Gasteiger partial charge on any atom is -0.347 e. The van der Waals surface area contributed by atoms with Crippen molar-refractivity contribution in [2.24, 2.45) is 11.0 Å². The molecule has 7 heteroatoms. The molecule has 2 aromatic rings. The Bertz CT molecular complexity index is 1030. The Balaban J connectivity index is 1.65. The van der Waals surface area contributed by atoms with Crippen LogP contribution in [0.1, 0.15) is 60.1 Å². The second-order valence-electron chi connectivity index (χ2n) is 7.65. The maximum Gasteiger partial charge on any atom is 0.272 e. The van der Waals surface area contributed by atoms with Gasteiger partial charge in [0.25, 0.3) is 5.91 Å². The quantitative estimate of drug-likeness (QED) is 0.603. The Kier molecular flexibility index (Phi) is 5.63. The summed E-state index contributed by atoms with van der Waals surface area (Å²) in [7, 11) is 1.83. The van der Waals surface area contributed by atoms with Gasteiger partial charge in [-0.3, -0.25) is 9.59 Å². The van der Waals surface area contributed by atoms with E-state index in [-0.39, 0.29) is 11.8 Å². The molecule has 0 spiro atoms. The van der Waals surface area contributed by atoms with E-state index in [0.717, 1.165) is 29.3 Å². The number of H-pyrrole nitrogens is 1. The van der Waals surface area contributed by atoms with Crippen LogP contribution in [0.4, 0.5) is 5.69 Å². The first kappa shape index (κ1) is 19.2. The van der Waals surface area contributed by atoms with Crippen LogP contribution in [0.25, 0.3) is 10.9 Å². The molecule has 0 radical (unpaired) electrons. The number of hydrazone groups is 1. The van der Waals surface area contributed by atoms with Gasteiger partial charge in [0.05, 0.1) is 24.0 Å². The lowest BCUT2D eigenvalue weighted by atomic mass is 9.87. The van der Waals surface area contributed by atoms with E-state index in [2.05, 4.69) is 38.0 Å². The molecule has 2 amide bonds. The lowest BCUT2D eigenvalue weighted by Crippen LogP contribution is -2.19. The number of carbonyl (C=O) groups is 2. The SMILES string of the molecule is CNCC#Cc1[nH]c2cc(NC(=O)CC3CCCCC3)cc3c2c1C=NNC3=O. The van der Waals surface area contributed by atoms with Crippen LogP contribution in [0.5, 0.6) is 0 Å². The highest BCUT2D eigenvalue weighted by Crippen LogP contribution is 2.31. The van der Waals surface area contributed by atoms with Gasteiger partial charge in [-0.05, 0) is 43.9 Å². The Morgan fingerprint density at radius 2 is 2.10 bits per heavy atom. The molecule has 2 aliphatic rings. The number of amides is 2. The monoisotopic (exact) mass is 391 g/mol. The fraction of sp³-hybridized carbons (Fsp3) is 0.409. The summed E-state index contributed by atoms with van der Waals surface area (Å²) in [5.74, 6) is 6.26. The van der Waals surface area contributed by atoms with Crippen molar-refractivity contribution in [2.75, 3.05) is 18.9 Å². The van der Waals surface area contributed by atoms with Crippen LogP contribution in [0.15, 0.2) is 17.2 Å². The average Bonchev–Trinajstić information content (AvgIpc) is 2.95. The molecule has 1 aliphatic heterocycles. The zero-order chi connectivity index (χ0) is 20.2. The van der Waals surface area contributed by atoms with Gasteiger partial charge in [0.2, 0.25) is 5.91 Å². The second-order valence-corrected chi connectivity index (χ2v) is 7.65. The van der Waals surface area contributed by atoms with Gasteiger partial charge in [-0.1, -0.05) is 25.2 Å². The number of hydrogen-bond acceptors (Lipinski definition) is 4. The molecule has 150 valence electrons. The first-order chi connectivity index (χ1) is 14.2. The van der Waals surface area contributed by atoms with Crippen molar-refractivity contribution >= 4 is 34.6 Å². The minimum absolute atomic E-state index is 0.00505. The van der Waals surface area contributed by atoms with E-state index >= 15 is 0 Å². The number of benzene rings is 1. The van der Waals surface area contributed by atoms with Gasteiger partial charge in [0.15, 0.2) is 0 Å². The topological polar surface area (TPSA) is 98.4 Å². The van der Waals surface area contributed by atoms with E-state index in [1.54, 1.807) is 12.3 Å². The molecule has 7 nitrogen and oxygen atoms in total. The normalized spacial score (nSPS) is 16.1. The van der Waals surface area contributed by atoms with Crippen LogP contribution in [-0.4, -0.2) is 36.6 Å². The maximum atomic E-state index is 12.6. The van der Waals surface area contributed by atoms with E-state index in [4.69, 9.17) is 0 Å².